The minimum absolute atomic E-state index is 0.131. The number of nitrogens with zero attached hydrogens (tertiary/aromatic N) is 4. The van der Waals surface area contributed by atoms with Gasteiger partial charge in [-0.25, -0.2) is 4.63 Å². The molecular formula is C11H9N5O2. The topological polar surface area (TPSA) is 104 Å². The van der Waals surface area contributed by atoms with Crippen molar-refractivity contribution < 1.29 is 9.15 Å². The number of hydrogen-bond acceptors (Lipinski definition) is 7. The molecule has 0 atom stereocenters. The lowest BCUT2D eigenvalue weighted by Gasteiger charge is -1.94. The summed E-state index contributed by atoms with van der Waals surface area (Å²) in [4.78, 5) is 4.19. The van der Waals surface area contributed by atoms with Gasteiger partial charge in [-0.05, 0) is 29.4 Å². The molecule has 2 heterocycles. The van der Waals surface area contributed by atoms with Crippen molar-refractivity contribution in [2.75, 3.05) is 5.73 Å². The Labute approximate surface area is 102 Å². The van der Waals surface area contributed by atoms with Crippen LogP contribution in [0.4, 0.5) is 5.82 Å². The Hall–Kier alpha value is -2.70. The molecule has 7 heteroatoms. The van der Waals surface area contributed by atoms with Crippen LogP contribution in [0.2, 0.25) is 0 Å². The van der Waals surface area contributed by atoms with Gasteiger partial charge < -0.3 is 10.3 Å². The van der Waals surface area contributed by atoms with Gasteiger partial charge in [0.25, 0.3) is 5.89 Å². The average molecular weight is 243 g/mol. The third kappa shape index (κ3) is 1.71. The van der Waals surface area contributed by atoms with Crippen LogP contribution in [-0.4, -0.2) is 20.5 Å². The maximum Gasteiger partial charge on any atom is 0.258 e. The molecule has 2 N–H and O–H groups in total. The zero-order valence-corrected chi connectivity index (χ0v) is 9.49. The highest BCUT2D eigenvalue weighted by Gasteiger charge is 2.17. The van der Waals surface area contributed by atoms with Crippen molar-refractivity contribution in [1.29, 1.82) is 0 Å². The number of benzene rings is 1. The summed E-state index contributed by atoms with van der Waals surface area (Å²) in [6.45, 7) is 2.00. The maximum absolute atomic E-state index is 5.55. The van der Waals surface area contributed by atoms with Crippen LogP contribution in [0.25, 0.3) is 23.0 Å². The van der Waals surface area contributed by atoms with E-state index in [2.05, 4.69) is 25.1 Å². The molecule has 0 saturated carbocycles. The Bertz CT molecular complexity index is 671. The predicted octanol–water partition coefficient (Wildman–Crippen LogP) is 1.68. The molecule has 3 aromatic rings. The molecule has 3 rings (SSSR count). The smallest absolute Gasteiger partial charge is 0.258 e. The number of nitrogen functional groups attached to an aromatic ring is 1. The van der Waals surface area contributed by atoms with Gasteiger partial charge in [0, 0.05) is 5.56 Å². The zero-order chi connectivity index (χ0) is 12.5. The summed E-state index contributed by atoms with van der Waals surface area (Å²) in [6.07, 6.45) is 0. The minimum Gasteiger partial charge on any atom is -0.379 e. The lowest BCUT2D eigenvalue weighted by molar-refractivity contribution is 0.310. The summed E-state index contributed by atoms with van der Waals surface area (Å²) in [5.74, 6) is 0.781. The van der Waals surface area contributed by atoms with E-state index in [1.807, 2.05) is 31.2 Å². The van der Waals surface area contributed by atoms with Crippen LogP contribution in [0.1, 0.15) is 5.56 Å². The van der Waals surface area contributed by atoms with Gasteiger partial charge >= 0.3 is 0 Å². The summed E-state index contributed by atoms with van der Waals surface area (Å²) in [7, 11) is 0. The SMILES string of the molecule is Cc1ccc(-c2nc(-c3nonc3N)no2)cc1. The molecule has 0 aliphatic heterocycles. The second kappa shape index (κ2) is 3.95. The first kappa shape index (κ1) is 10.5. The molecule has 7 nitrogen and oxygen atoms in total. The molecule has 0 saturated heterocycles. The Balaban J connectivity index is 1.99. The van der Waals surface area contributed by atoms with Crippen LogP contribution < -0.4 is 5.73 Å². The molecule has 18 heavy (non-hydrogen) atoms. The highest BCUT2D eigenvalue weighted by molar-refractivity contribution is 5.64. The molecule has 1 aromatic carbocycles. The van der Waals surface area contributed by atoms with E-state index >= 15 is 0 Å². The Morgan fingerprint density at radius 2 is 1.83 bits per heavy atom. The molecule has 0 radical (unpaired) electrons. The minimum atomic E-state index is 0.131. The van der Waals surface area contributed by atoms with Gasteiger partial charge in [0.15, 0.2) is 11.5 Å². The van der Waals surface area contributed by atoms with Gasteiger partial charge in [-0.15, -0.1) is 0 Å². The van der Waals surface area contributed by atoms with Crippen molar-refractivity contribution in [1.82, 2.24) is 20.5 Å². The fourth-order valence-corrected chi connectivity index (χ4v) is 1.48. The third-order valence-corrected chi connectivity index (χ3v) is 2.45. The third-order valence-electron chi connectivity index (χ3n) is 2.45. The highest BCUT2D eigenvalue weighted by Crippen LogP contribution is 2.23. The lowest BCUT2D eigenvalue weighted by Crippen LogP contribution is -1.89. The Morgan fingerprint density at radius 1 is 1.06 bits per heavy atom. The van der Waals surface area contributed by atoms with E-state index < -0.39 is 0 Å². The largest absolute Gasteiger partial charge is 0.379 e. The molecule has 90 valence electrons. The quantitative estimate of drug-likeness (QED) is 0.729. The summed E-state index contributed by atoms with van der Waals surface area (Å²) < 4.78 is 9.63. The fraction of sp³-hybridized carbons (Fsp3) is 0.0909. The van der Waals surface area contributed by atoms with Crippen molar-refractivity contribution in [2.45, 2.75) is 6.92 Å². The highest BCUT2D eigenvalue weighted by atomic mass is 16.6. The van der Waals surface area contributed by atoms with E-state index in [0.29, 0.717) is 5.89 Å². The zero-order valence-electron chi connectivity index (χ0n) is 9.49. The van der Waals surface area contributed by atoms with Crippen LogP contribution in [0.15, 0.2) is 33.4 Å². The van der Waals surface area contributed by atoms with Crippen LogP contribution in [0.3, 0.4) is 0 Å². The van der Waals surface area contributed by atoms with Gasteiger partial charge in [-0.2, -0.15) is 4.98 Å². The molecule has 2 aromatic heterocycles. The summed E-state index contributed by atoms with van der Waals surface area (Å²) in [6, 6.07) is 7.73. The van der Waals surface area contributed by atoms with Crippen molar-refractivity contribution in [3.05, 3.63) is 29.8 Å². The van der Waals surface area contributed by atoms with Gasteiger partial charge in [0.05, 0.1) is 0 Å². The number of nitrogens with two attached hydrogens (primary N) is 1. The van der Waals surface area contributed by atoms with Crippen LogP contribution in [0, 0.1) is 6.92 Å². The first-order chi connectivity index (χ1) is 8.74. The van der Waals surface area contributed by atoms with Crippen LogP contribution in [0.5, 0.6) is 0 Å². The van der Waals surface area contributed by atoms with Crippen molar-refractivity contribution >= 4 is 5.82 Å². The van der Waals surface area contributed by atoms with E-state index in [1.165, 1.54) is 0 Å². The van der Waals surface area contributed by atoms with E-state index in [9.17, 15) is 0 Å². The predicted molar refractivity (Wildman–Crippen MR) is 62.2 cm³/mol. The van der Waals surface area contributed by atoms with Crippen molar-refractivity contribution in [3.63, 3.8) is 0 Å². The van der Waals surface area contributed by atoms with Gasteiger partial charge in [-0.1, -0.05) is 22.9 Å². The van der Waals surface area contributed by atoms with Crippen molar-refractivity contribution in [2.24, 2.45) is 0 Å². The van der Waals surface area contributed by atoms with E-state index in [1.54, 1.807) is 0 Å². The molecule has 0 aliphatic rings. The van der Waals surface area contributed by atoms with E-state index in [0.717, 1.165) is 11.1 Å². The molecular weight excluding hydrogens is 234 g/mol. The molecule has 0 fully saturated rings. The summed E-state index contributed by atoms with van der Waals surface area (Å²) >= 11 is 0. The normalized spacial score (nSPS) is 10.7. The van der Waals surface area contributed by atoms with Gasteiger partial charge in [0.2, 0.25) is 5.82 Å². The van der Waals surface area contributed by atoms with Crippen molar-refractivity contribution in [3.8, 4) is 23.0 Å². The molecule has 0 amide bonds. The Kier molecular flexibility index (Phi) is 2.30. The second-order valence-electron chi connectivity index (χ2n) is 3.79. The standard InChI is InChI=1S/C11H9N5O2/c1-6-2-4-7(5-3-6)11-13-10(16-17-11)8-9(12)15-18-14-8/h2-5H,1H3,(H2,12,15). The second-order valence-corrected chi connectivity index (χ2v) is 3.79. The summed E-state index contributed by atoms with van der Waals surface area (Å²) in [5.41, 5.74) is 7.81. The van der Waals surface area contributed by atoms with Gasteiger partial charge in [-0.3, -0.25) is 0 Å². The van der Waals surface area contributed by atoms with Crippen LogP contribution in [-0.2, 0) is 0 Å². The number of aromatic nitrogens is 4. The molecule has 0 unspecified atom stereocenters. The lowest BCUT2D eigenvalue weighted by atomic mass is 10.1. The summed E-state index contributed by atoms with van der Waals surface area (Å²) in [5, 5.41) is 10.9. The maximum atomic E-state index is 5.55. The number of aryl methyl sites for hydroxylation is 1. The molecule has 0 spiro atoms. The first-order valence-corrected chi connectivity index (χ1v) is 5.23. The van der Waals surface area contributed by atoms with Gasteiger partial charge in [0.1, 0.15) is 0 Å². The average Bonchev–Trinajstić information content (AvgIpc) is 2.98. The Morgan fingerprint density at radius 3 is 2.50 bits per heavy atom. The first-order valence-electron chi connectivity index (χ1n) is 5.23. The monoisotopic (exact) mass is 243 g/mol. The van der Waals surface area contributed by atoms with E-state index in [4.69, 9.17) is 10.3 Å². The van der Waals surface area contributed by atoms with Crippen LogP contribution >= 0.6 is 0 Å². The molecule has 0 aliphatic carbocycles. The fourth-order valence-electron chi connectivity index (χ4n) is 1.48. The number of rotatable bonds is 2. The number of anilines is 1. The number of hydrogen-bond donors (Lipinski definition) is 1. The van der Waals surface area contributed by atoms with E-state index in [-0.39, 0.29) is 17.3 Å². The molecule has 0 bridgehead atoms.